The first-order chi connectivity index (χ1) is 11.7. The Morgan fingerprint density at radius 2 is 1.79 bits per heavy atom. The first kappa shape index (κ1) is 17.6. The maximum atomic E-state index is 10.5. The fourth-order valence-electron chi connectivity index (χ4n) is 3.48. The summed E-state index contributed by atoms with van der Waals surface area (Å²) in [6.07, 6.45) is 2.54. The summed E-state index contributed by atoms with van der Waals surface area (Å²) in [7, 11) is 0. The highest BCUT2D eigenvalue weighted by molar-refractivity contribution is 7.99. The molecule has 0 unspecified atom stereocenters. The molecule has 0 aromatic heterocycles. The highest BCUT2D eigenvalue weighted by atomic mass is 32.2. The number of benzene rings is 1. The van der Waals surface area contributed by atoms with Crippen LogP contribution in [0.1, 0.15) is 18.4 Å². The monoisotopic (exact) mass is 350 g/mol. The molecule has 0 atom stereocenters. The second-order valence-electron chi connectivity index (χ2n) is 6.48. The van der Waals surface area contributed by atoms with E-state index < -0.39 is 5.97 Å². The van der Waals surface area contributed by atoms with E-state index in [4.69, 9.17) is 9.84 Å². The van der Waals surface area contributed by atoms with Crippen LogP contribution in [0.25, 0.3) is 0 Å². The number of carbonyl (C=O) groups is 1. The molecule has 2 aliphatic heterocycles. The molecule has 0 aliphatic carbocycles. The number of rotatable bonds is 6. The maximum absolute atomic E-state index is 10.5. The summed E-state index contributed by atoms with van der Waals surface area (Å²) in [5, 5.41) is 8.63. The van der Waals surface area contributed by atoms with E-state index in [1.807, 2.05) is 24.3 Å². The summed E-state index contributed by atoms with van der Waals surface area (Å²) in [5.41, 5.74) is 1.26. The number of ether oxygens (including phenoxy) is 1. The molecule has 5 nitrogen and oxygen atoms in total. The molecule has 6 heteroatoms. The summed E-state index contributed by atoms with van der Waals surface area (Å²) in [5.74, 6) is 2.24. The second-order valence-corrected chi connectivity index (χ2v) is 7.71. The molecular formula is C18H26N2O3S. The van der Waals surface area contributed by atoms with Crippen molar-refractivity contribution in [3.05, 3.63) is 29.8 Å². The summed E-state index contributed by atoms with van der Waals surface area (Å²) in [6, 6.07) is 8.55. The van der Waals surface area contributed by atoms with Gasteiger partial charge in [-0.3, -0.25) is 9.80 Å². The SMILES string of the molecule is O=C(O)COc1ccc(CN2CCC(N3CCSCC3)CC2)cc1. The van der Waals surface area contributed by atoms with Gasteiger partial charge in [0.15, 0.2) is 6.61 Å². The Morgan fingerprint density at radius 1 is 1.12 bits per heavy atom. The quantitative estimate of drug-likeness (QED) is 0.849. The van der Waals surface area contributed by atoms with Gasteiger partial charge in [0.1, 0.15) is 5.75 Å². The Bertz CT molecular complexity index is 524. The molecule has 0 radical (unpaired) electrons. The predicted octanol–water partition coefficient (Wildman–Crippen LogP) is 2.16. The van der Waals surface area contributed by atoms with Crippen LogP contribution in [0.3, 0.4) is 0 Å². The fraction of sp³-hybridized carbons (Fsp3) is 0.611. The van der Waals surface area contributed by atoms with Crippen molar-refractivity contribution < 1.29 is 14.6 Å². The highest BCUT2D eigenvalue weighted by Gasteiger charge is 2.25. The van der Waals surface area contributed by atoms with Gasteiger partial charge >= 0.3 is 5.97 Å². The molecule has 0 saturated carbocycles. The van der Waals surface area contributed by atoms with Crippen LogP contribution < -0.4 is 4.74 Å². The van der Waals surface area contributed by atoms with Gasteiger partial charge in [-0.15, -0.1) is 0 Å². The number of hydrogen-bond acceptors (Lipinski definition) is 5. The van der Waals surface area contributed by atoms with Crippen molar-refractivity contribution in [2.24, 2.45) is 0 Å². The van der Waals surface area contributed by atoms with Crippen molar-refractivity contribution in [2.75, 3.05) is 44.3 Å². The van der Waals surface area contributed by atoms with Crippen LogP contribution >= 0.6 is 11.8 Å². The summed E-state index contributed by atoms with van der Waals surface area (Å²) < 4.78 is 5.17. The van der Waals surface area contributed by atoms with E-state index in [2.05, 4.69) is 21.6 Å². The lowest BCUT2D eigenvalue weighted by Crippen LogP contribution is -2.47. The van der Waals surface area contributed by atoms with E-state index >= 15 is 0 Å². The Hall–Kier alpha value is -1.24. The Labute approximate surface area is 148 Å². The van der Waals surface area contributed by atoms with Gasteiger partial charge in [-0.25, -0.2) is 4.79 Å². The predicted molar refractivity (Wildman–Crippen MR) is 96.8 cm³/mol. The van der Waals surface area contributed by atoms with Gasteiger partial charge in [-0.2, -0.15) is 11.8 Å². The summed E-state index contributed by atoms with van der Waals surface area (Å²) in [4.78, 5) is 15.7. The van der Waals surface area contributed by atoms with Crippen molar-refractivity contribution in [3.63, 3.8) is 0 Å². The molecule has 132 valence electrons. The third-order valence-electron chi connectivity index (χ3n) is 4.81. The Kier molecular flexibility index (Phi) is 6.40. The van der Waals surface area contributed by atoms with Gasteiger partial charge in [0, 0.05) is 37.2 Å². The molecule has 1 N–H and O–H groups in total. The van der Waals surface area contributed by atoms with E-state index in [1.54, 1.807) is 0 Å². The molecular weight excluding hydrogens is 324 g/mol. The number of carboxylic acids is 1. The first-order valence-corrected chi connectivity index (χ1v) is 9.84. The van der Waals surface area contributed by atoms with E-state index in [1.165, 1.54) is 43.0 Å². The maximum Gasteiger partial charge on any atom is 0.341 e. The van der Waals surface area contributed by atoms with Crippen LogP contribution in [0.4, 0.5) is 0 Å². The molecule has 2 aliphatic rings. The molecule has 0 bridgehead atoms. The lowest BCUT2D eigenvalue weighted by Gasteiger charge is -2.40. The van der Waals surface area contributed by atoms with E-state index in [-0.39, 0.29) is 6.61 Å². The Morgan fingerprint density at radius 3 is 2.42 bits per heavy atom. The number of aliphatic carboxylic acids is 1. The largest absolute Gasteiger partial charge is 0.482 e. The molecule has 2 fully saturated rings. The minimum atomic E-state index is -0.950. The van der Waals surface area contributed by atoms with Gasteiger partial charge in [0.2, 0.25) is 0 Å². The van der Waals surface area contributed by atoms with Crippen molar-refractivity contribution in [2.45, 2.75) is 25.4 Å². The number of nitrogens with zero attached hydrogens (tertiary/aromatic N) is 2. The van der Waals surface area contributed by atoms with Crippen LogP contribution in [-0.4, -0.2) is 71.2 Å². The van der Waals surface area contributed by atoms with Crippen molar-refractivity contribution >= 4 is 17.7 Å². The minimum absolute atomic E-state index is 0.290. The second kappa shape index (κ2) is 8.74. The number of piperidine rings is 1. The minimum Gasteiger partial charge on any atom is -0.482 e. The van der Waals surface area contributed by atoms with Gasteiger partial charge in [-0.1, -0.05) is 12.1 Å². The zero-order valence-corrected chi connectivity index (χ0v) is 14.8. The van der Waals surface area contributed by atoms with E-state index in [0.717, 1.165) is 25.7 Å². The van der Waals surface area contributed by atoms with Crippen LogP contribution in [0.15, 0.2) is 24.3 Å². The molecule has 3 rings (SSSR count). The van der Waals surface area contributed by atoms with Crippen molar-refractivity contribution in [1.29, 1.82) is 0 Å². The molecule has 0 spiro atoms. The summed E-state index contributed by atoms with van der Waals surface area (Å²) in [6.45, 7) is 5.50. The molecule has 0 amide bonds. The smallest absolute Gasteiger partial charge is 0.341 e. The number of hydrogen-bond donors (Lipinski definition) is 1. The average molecular weight is 350 g/mol. The normalized spacial score (nSPS) is 20.8. The number of thioether (sulfide) groups is 1. The van der Waals surface area contributed by atoms with E-state index in [9.17, 15) is 4.79 Å². The van der Waals surface area contributed by atoms with Gasteiger partial charge in [0.05, 0.1) is 0 Å². The molecule has 2 saturated heterocycles. The molecule has 2 heterocycles. The van der Waals surface area contributed by atoms with Crippen molar-refractivity contribution in [1.82, 2.24) is 9.80 Å². The van der Waals surface area contributed by atoms with Gasteiger partial charge in [-0.05, 0) is 43.6 Å². The van der Waals surface area contributed by atoms with Crippen LogP contribution in [0, 0.1) is 0 Å². The molecule has 24 heavy (non-hydrogen) atoms. The van der Waals surface area contributed by atoms with Gasteiger partial charge in [0.25, 0.3) is 0 Å². The number of likely N-dealkylation sites (tertiary alicyclic amines) is 1. The van der Waals surface area contributed by atoms with Gasteiger partial charge < -0.3 is 9.84 Å². The van der Waals surface area contributed by atoms with Crippen LogP contribution in [0.2, 0.25) is 0 Å². The lowest BCUT2D eigenvalue weighted by atomic mass is 10.0. The summed E-state index contributed by atoms with van der Waals surface area (Å²) >= 11 is 2.08. The fourth-order valence-corrected chi connectivity index (χ4v) is 4.41. The van der Waals surface area contributed by atoms with Crippen LogP contribution in [-0.2, 0) is 11.3 Å². The standard InChI is InChI=1S/C18H26N2O3S/c21-18(22)14-23-17-3-1-15(2-4-17)13-19-7-5-16(6-8-19)20-9-11-24-12-10-20/h1-4,16H,5-14H2,(H,21,22). The zero-order valence-electron chi connectivity index (χ0n) is 14.0. The Balaban J connectivity index is 1.43. The van der Waals surface area contributed by atoms with Crippen molar-refractivity contribution in [3.8, 4) is 5.75 Å². The average Bonchev–Trinajstić information content (AvgIpc) is 2.62. The van der Waals surface area contributed by atoms with E-state index in [0.29, 0.717) is 5.75 Å². The molecule has 1 aromatic rings. The zero-order chi connectivity index (χ0) is 16.8. The molecule has 1 aromatic carbocycles. The number of carboxylic acid groups (broad SMARTS) is 1. The third-order valence-corrected chi connectivity index (χ3v) is 5.75. The third kappa shape index (κ3) is 5.13. The first-order valence-electron chi connectivity index (χ1n) is 8.68. The highest BCUT2D eigenvalue weighted by Crippen LogP contribution is 2.22. The lowest BCUT2D eigenvalue weighted by molar-refractivity contribution is -0.139. The van der Waals surface area contributed by atoms with Crippen LogP contribution in [0.5, 0.6) is 5.75 Å². The topological polar surface area (TPSA) is 53.0 Å².